The summed E-state index contributed by atoms with van der Waals surface area (Å²) < 4.78 is 0. The molecule has 0 aliphatic rings. The van der Waals surface area contributed by atoms with Crippen molar-refractivity contribution in [3.05, 3.63) is 0 Å². The van der Waals surface area contributed by atoms with Crippen LogP contribution in [0.15, 0.2) is 4.99 Å². The van der Waals surface area contributed by atoms with Crippen molar-refractivity contribution in [2.45, 2.75) is 187 Å². The molecule has 0 atom stereocenters. The summed E-state index contributed by atoms with van der Waals surface area (Å²) in [5.74, 6) is -0.402. The summed E-state index contributed by atoms with van der Waals surface area (Å²) in [5, 5.41) is 23.6. The number of rotatable bonds is 32. The largest absolute Gasteiger partial charge is 1.00 e. The first-order valence-corrected chi connectivity index (χ1v) is 17.2. The van der Waals surface area contributed by atoms with E-state index >= 15 is 0 Å². The van der Waals surface area contributed by atoms with Gasteiger partial charge in [-0.15, -0.1) is 0 Å². The molecule has 0 fully saturated rings. The number of carboxylic acid groups (broad SMARTS) is 1. The zero-order valence-electron chi connectivity index (χ0n) is 27.3. The number of unbranched alkanes of at least 4 members (excludes halogenated alkanes) is 22. The average Bonchev–Trinajstić information content (AvgIpc) is 2.93. The topological polar surface area (TPSA) is 102 Å². The fourth-order valence-corrected chi connectivity index (χ4v) is 5.11. The van der Waals surface area contributed by atoms with Gasteiger partial charge in [0.1, 0.15) is 0 Å². The molecular weight excluding hydrogens is 523 g/mol. The number of nitrogens with one attached hydrogen (secondary N) is 1. The maximum absolute atomic E-state index is 12.0. The van der Waals surface area contributed by atoms with Gasteiger partial charge in [0.2, 0.25) is 5.91 Å². The van der Waals surface area contributed by atoms with Crippen molar-refractivity contribution in [3.63, 3.8) is 0 Å². The molecular formula is C34H65N2NaO4. The van der Waals surface area contributed by atoms with Crippen LogP contribution in [0.1, 0.15) is 187 Å². The third-order valence-corrected chi connectivity index (χ3v) is 7.73. The molecule has 7 heteroatoms. The van der Waals surface area contributed by atoms with Crippen LogP contribution < -0.4 is 40.0 Å². The third-order valence-electron chi connectivity index (χ3n) is 7.73. The van der Waals surface area contributed by atoms with E-state index in [0.29, 0.717) is 25.8 Å². The normalized spacial score (nSPS) is 11.4. The first kappa shape index (κ1) is 42.5. The van der Waals surface area contributed by atoms with Gasteiger partial charge in [-0.2, -0.15) is 0 Å². The van der Waals surface area contributed by atoms with Crippen molar-refractivity contribution in [2.75, 3.05) is 13.1 Å². The van der Waals surface area contributed by atoms with Gasteiger partial charge in [0.05, 0.1) is 0 Å². The zero-order valence-corrected chi connectivity index (χ0v) is 29.3. The Kier molecular flexibility index (Phi) is 36.9. The minimum absolute atomic E-state index is 0. The van der Waals surface area contributed by atoms with Crippen molar-refractivity contribution in [1.82, 2.24) is 5.32 Å². The first-order chi connectivity index (χ1) is 19.6. The summed E-state index contributed by atoms with van der Waals surface area (Å²) in [5.41, 5.74) is 0. The van der Waals surface area contributed by atoms with E-state index in [1.807, 2.05) is 0 Å². The molecule has 0 aliphatic carbocycles. The second kappa shape index (κ2) is 35.6. The number of amides is 1. The van der Waals surface area contributed by atoms with Crippen molar-refractivity contribution in [3.8, 4) is 0 Å². The van der Waals surface area contributed by atoms with Crippen LogP contribution in [0.25, 0.3) is 0 Å². The van der Waals surface area contributed by atoms with Crippen LogP contribution in [-0.2, 0) is 9.59 Å². The molecule has 0 radical (unpaired) electrons. The summed E-state index contributed by atoms with van der Waals surface area (Å²) in [6.07, 6.45) is 31.0. The van der Waals surface area contributed by atoms with Crippen molar-refractivity contribution < 1.29 is 49.4 Å². The van der Waals surface area contributed by atoms with Crippen LogP contribution >= 0.6 is 0 Å². The standard InChI is InChI=1S/C34H66N2O4.Na/c1-2-3-4-5-6-7-12-17-22-27-32(37)35-30-25-20-15-10-8-13-18-23-28-33(38)36-31-26-21-16-11-9-14-19-24-29-34(39)40;/h2-31H2,1H3,(H,35,37)(H,36,38)(H,39,40);/q;+1/p-1. The molecule has 1 amide bonds. The molecule has 0 heterocycles. The number of carbonyl (C=O) groups is 2. The summed E-state index contributed by atoms with van der Waals surface area (Å²) in [6.45, 7) is 3.73. The van der Waals surface area contributed by atoms with Crippen LogP contribution in [0.3, 0.4) is 0 Å². The number of carbonyl (C=O) groups excluding carboxylic acids is 1. The molecule has 0 bridgehead atoms. The van der Waals surface area contributed by atoms with E-state index in [1.165, 1.54) is 96.3 Å². The fourth-order valence-electron chi connectivity index (χ4n) is 5.11. The monoisotopic (exact) mass is 588 g/mol. The van der Waals surface area contributed by atoms with E-state index in [2.05, 4.69) is 17.2 Å². The summed E-state index contributed by atoms with van der Waals surface area (Å²) >= 11 is 0. The minimum Gasteiger partial charge on any atom is -0.862 e. The van der Waals surface area contributed by atoms with Gasteiger partial charge < -0.3 is 20.5 Å². The fraction of sp³-hybridized carbons (Fsp3) is 0.912. The van der Waals surface area contributed by atoms with Gasteiger partial charge in [0.25, 0.3) is 0 Å². The van der Waals surface area contributed by atoms with Crippen molar-refractivity contribution in [1.29, 1.82) is 0 Å². The van der Waals surface area contributed by atoms with Gasteiger partial charge in [0.15, 0.2) is 0 Å². The molecule has 0 aromatic rings. The number of nitrogens with zero attached hydrogens (tertiary/aromatic N) is 1. The van der Waals surface area contributed by atoms with E-state index in [0.717, 1.165) is 70.8 Å². The summed E-state index contributed by atoms with van der Waals surface area (Å²) in [4.78, 5) is 26.7. The second-order valence-corrected chi connectivity index (χ2v) is 11.8. The Morgan fingerprint density at radius 2 is 0.951 bits per heavy atom. The van der Waals surface area contributed by atoms with Crippen LogP contribution in [-0.4, -0.2) is 36.0 Å². The van der Waals surface area contributed by atoms with Gasteiger partial charge in [0, 0.05) is 25.9 Å². The molecule has 236 valence electrons. The maximum Gasteiger partial charge on any atom is 1.00 e. The van der Waals surface area contributed by atoms with Crippen molar-refractivity contribution in [2.24, 2.45) is 4.99 Å². The molecule has 41 heavy (non-hydrogen) atoms. The number of aliphatic carboxylic acids is 1. The van der Waals surface area contributed by atoms with E-state index < -0.39 is 5.97 Å². The van der Waals surface area contributed by atoms with E-state index in [1.54, 1.807) is 0 Å². The van der Waals surface area contributed by atoms with E-state index in [4.69, 9.17) is 5.11 Å². The molecule has 0 aromatic carbocycles. The van der Waals surface area contributed by atoms with E-state index in [-0.39, 0.29) is 41.4 Å². The zero-order chi connectivity index (χ0) is 29.4. The van der Waals surface area contributed by atoms with Crippen molar-refractivity contribution >= 4 is 17.8 Å². The Hall–Kier alpha value is -0.590. The van der Waals surface area contributed by atoms with Crippen LogP contribution in [0.5, 0.6) is 0 Å². The second-order valence-electron chi connectivity index (χ2n) is 11.8. The predicted molar refractivity (Wildman–Crippen MR) is 168 cm³/mol. The molecule has 2 N–H and O–H groups in total. The quantitative estimate of drug-likeness (QED) is 0.0443. The molecule has 0 aliphatic heterocycles. The van der Waals surface area contributed by atoms with Crippen LogP contribution in [0.4, 0.5) is 0 Å². The minimum atomic E-state index is -0.693. The molecule has 0 saturated carbocycles. The smallest absolute Gasteiger partial charge is 0.862 e. The maximum atomic E-state index is 12.0. The number of hydrogen-bond donors (Lipinski definition) is 2. The Balaban J connectivity index is 0. The van der Waals surface area contributed by atoms with E-state index in [9.17, 15) is 14.7 Å². The first-order valence-electron chi connectivity index (χ1n) is 17.2. The predicted octanol–water partition coefficient (Wildman–Crippen LogP) is 5.89. The third kappa shape index (κ3) is 37.4. The van der Waals surface area contributed by atoms with Gasteiger partial charge >= 0.3 is 35.5 Å². The molecule has 0 saturated heterocycles. The molecule has 0 aromatic heterocycles. The molecule has 0 rings (SSSR count). The SMILES string of the molecule is CCCCCCCCCCCC([O-])=NCCCCCCCCCCC(=O)NCCCCCCCCCCC(=O)O.[Na+]. The van der Waals surface area contributed by atoms with Gasteiger partial charge in [-0.1, -0.05) is 135 Å². The Labute approximate surface area is 276 Å². The van der Waals surface area contributed by atoms with Crippen LogP contribution in [0.2, 0.25) is 0 Å². The summed E-state index contributed by atoms with van der Waals surface area (Å²) in [6, 6.07) is 0. The average molecular weight is 589 g/mol. The molecule has 0 unspecified atom stereocenters. The molecule has 6 nitrogen and oxygen atoms in total. The number of aliphatic imine (C=N–C) groups is 1. The van der Waals surface area contributed by atoms with Gasteiger partial charge in [-0.25, -0.2) is 0 Å². The molecule has 0 spiro atoms. The Bertz CT molecular complexity index is 601. The number of carboxylic acids is 1. The Morgan fingerprint density at radius 1 is 0.561 bits per heavy atom. The van der Waals surface area contributed by atoms with Gasteiger partial charge in [-0.3, -0.25) is 9.59 Å². The van der Waals surface area contributed by atoms with Gasteiger partial charge in [-0.05, 0) is 44.4 Å². The number of hydrogen-bond acceptors (Lipinski definition) is 4. The summed E-state index contributed by atoms with van der Waals surface area (Å²) in [7, 11) is 0. The Morgan fingerprint density at radius 3 is 1.44 bits per heavy atom. The van der Waals surface area contributed by atoms with Crippen LogP contribution in [0, 0.1) is 0 Å².